The maximum absolute atomic E-state index is 15.9. The highest BCUT2D eigenvalue weighted by atomic mass is 19.1. The summed E-state index contributed by atoms with van der Waals surface area (Å²) in [6.45, 7) is 3.36. The molecule has 1 aliphatic rings. The van der Waals surface area contributed by atoms with Gasteiger partial charge in [-0.1, -0.05) is 54.6 Å². The van der Waals surface area contributed by atoms with Crippen LogP contribution in [0.25, 0.3) is 32.9 Å². The highest BCUT2D eigenvalue weighted by Crippen LogP contribution is 2.39. The van der Waals surface area contributed by atoms with Gasteiger partial charge in [0.1, 0.15) is 0 Å². The number of primary amides is 1. The molecule has 0 saturated carbocycles. The van der Waals surface area contributed by atoms with Gasteiger partial charge in [0.15, 0.2) is 11.6 Å². The third kappa shape index (κ3) is 5.33. The Hall–Kier alpha value is -4.69. The summed E-state index contributed by atoms with van der Waals surface area (Å²) in [6, 6.07) is 24.0. The number of H-pyrrole nitrogens is 1. The Labute approximate surface area is 243 Å². The number of benzene rings is 4. The molecule has 1 fully saturated rings. The van der Waals surface area contributed by atoms with Crippen molar-refractivity contribution in [3.05, 3.63) is 101 Å². The van der Waals surface area contributed by atoms with Crippen LogP contribution in [0.15, 0.2) is 78.9 Å². The van der Waals surface area contributed by atoms with Crippen molar-refractivity contribution in [2.24, 2.45) is 5.73 Å². The van der Waals surface area contributed by atoms with Crippen LogP contribution in [0.2, 0.25) is 0 Å². The minimum absolute atomic E-state index is 0.0397. The molecule has 0 atom stereocenters. The van der Waals surface area contributed by atoms with E-state index in [-0.39, 0.29) is 11.7 Å². The van der Waals surface area contributed by atoms with E-state index in [0.717, 1.165) is 31.3 Å². The normalized spacial score (nSPS) is 14.0. The molecule has 214 valence electrons. The SMILES string of the molecule is CN1CCN(C(=O)c2ccc3c(c2)[nH]c2c(C(N)=O)ccc(-c4cccc(OCCCc5ccccc5)c4F)c23)CC1. The standard InChI is InChI=1S/C34H33FN4O3/c1-38-16-18-39(19-17-38)34(41)23-12-13-26-28(21-23)37-32-27(33(36)40)15-14-24(30(26)32)25-10-5-11-29(31(25)35)42-20-6-9-22-7-3-2-4-8-22/h2-5,7-8,10-15,21,37H,6,9,16-20H2,1H3,(H2,36,40). The molecule has 2 amide bonds. The van der Waals surface area contributed by atoms with Gasteiger partial charge in [-0.3, -0.25) is 9.59 Å². The fraction of sp³-hybridized carbons (Fsp3) is 0.235. The van der Waals surface area contributed by atoms with Crippen molar-refractivity contribution >= 4 is 33.6 Å². The van der Waals surface area contributed by atoms with Gasteiger partial charge in [0, 0.05) is 53.6 Å². The van der Waals surface area contributed by atoms with Gasteiger partial charge in [-0.25, -0.2) is 4.39 Å². The summed E-state index contributed by atoms with van der Waals surface area (Å²) < 4.78 is 21.8. The molecule has 4 aromatic carbocycles. The molecular formula is C34H33FN4O3. The number of hydrogen-bond donors (Lipinski definition) is 2. The first kappa shape index (κ1) is 27.5. The van der Waals surface area contributed by atoms with Gasteiger partial charge in [0.25, 0.3) is 11.8 Å². The number of ether oxygens (including phenoxy) is 1. The molecule has 8 heteroatoms. The number of nitrogens with one attached hydrogen (secondary N) is 1. The first-order chi connectivity index (χ1) is 20.4. The van der Waals surface area contributed by atoms with E-state index in [2.05, 4.69) is 22.0 Å². The molecule has 3 N–H and O–H groups in total. The monoisotopic (exact) mass is 564 g/mol. The Morgan fingerprint density at radius 1 is 0.929 bits per heavy atom. The van der Waals surface area contributed by atoms with E-state index in [9.17, 15) is 9.59 Å². The number of piperazine rings is 1. The summed E-state index contributed by atoms with van der Waals surface area (Å²) in [5.74, 6) is -0.931. The highest BCUT2D eigenvalue weighted by Gasteiger charge is 2.23. The number of fused-ring (bicyclic) bond motifs is 3. The summed E-state index contributed by atoms with van der Waals surface area (Å²) in [4.78, 5) is 33.0. The Morgan fingerprint density at radius 3 is 2.48 bits per heavy atom. The quantitative estimate of drug-likeness (QED) is 0.239. The van der Waals surface area contributed by atoms with Crippen molar-refractivity contribution < 1.29 is 18.7 Å². The number of aryl methyl sites for hydroxylation is 1. The van der Waals surface area contributed by atoms with Crippen LogP contribution in [-0.2, 0) is 6.42 Å². The average molecular weight is 565 g/mol. The van der Waals surface area contributed by atoms with E-state index >= 15 is 4.39 Å². The second kappa shape index (κ2) is 11.7. The lowest BCUT2D eigenvalue weighted by Gasteiger charge is -2.32. The van der Waals surface area contributed by atoms with Gasteiger partial charge < -0.3 is 25.3 Å². The Morgan fingerprint density at radius 2 is 1.71 bits per heavy atom. The van der Waals surface area contributed by atoms with Crippen molar-refractivity contribution in [2.75, 3.05) is 39.8 Å². The van der Waals surface area contributed by atoms with E-state index in [1.165, 1.54) is 5.56 Å². The molecule has 0 bridgehead atoms. The fourth-order valence-corrected chi connectivity index (χ4v) is 5.70. The molecular weight excluding hydrogens is 531 g/mol. The topological polar surface area (TPSA) is 91.7 Å². The molecule has 1 aliphatic heterocycles. The predicted octanol–water partition coefficient (Wildman–Crippen LogP) is 5.63. The minimum Gasteiger partial charge on any atom is -0.490 e. The number of nitrogens with two attached hydrogens (primary N) is 1. The van der Waals surface area contributed by atoms with Crippen molar-refractivity contribution in [3.63, 3.8) is 0 Å². The average Bonchev–Trinajstić information content (AvgIpc) is 3.39. The maximum atomic E-state index is 15.9. The third-order valence-corrected chi connectivity index (χ3v) is 8.02. The van der Waals surface area contributed by atoms with E-state index in [0.29, 0.717) is 58.4 Å². The summed E-state index contributed by atoms with van der Waals surface area (Å²) in [6.07, 6.45) is 1.59. The summed E-state index contributed by atoms with van der Waals surface area (Å²) in [5, 5.41) is 1.44. The smallest absolute Gasteiger partial charge is 0.254 e. The predicted molar refractivity (Wildman–Crippen MR) is 163 cm³/mol. The second-order valence-electron chi connectivity index (χ2n) is 10.8. The van der Waals surface area contributed by atoms with Crippen LogP contribution in [-0.4, -0.2) is 66.4 Å². The van der Waals surface area contributed by atoms with Crippen molar-refractivity contribution in [1.82, 2.24) is 14.8 Å². The van der Waals surface area contributed by atoms with Crippen LogP contribution in [0.3, 0.4) is 0 Å². The van der Waals surface area contributed by atoms with Gasteiger partial charge >= 0.3 is 0 Å². The van der Waals surface area contributed by atoms with Crippen LogP contribution in [0.1, 0.15) is 32.7 Å². The second-order valence-corrected chi connectivity index (χ2v) is 10.8. The first-order valence-electron chi connectivity index (χ1n) is 14.2. The van der Waals surface area contributed by atoms with Crippen LogP contribution >= 0.6 is 0 Å². The van der Waals surface area contributed by atoms with Gasteiger partial charge in [0.2, 0.25) is 0 Å². The van der Waals surface area contributed by atoms with E-state index in [4.69, 9.17) is 10.5 Å². The molecule has 0 radical (unpaired) electrons. The van der Waals surface area contributed by atoms with Crippen molar-refractivity contribution in [2.45, 2.75) is 12.8 Å². The molecule has 7 nitrogen and oxygen atoms in total. The van der Waals surface area contributed by atoms with Gasteiger partial charge in [0.05, 0.1) is 17.7 Å². The molecule has 42 heavy (non-hydrogen) atoms. The highest BCUT2D eigenvalue weighted by molar-refractivity contribution is 6.20. The van der Waals surface area contributed by atoms with Gasteiger partial charge in [-0.05, 0) is 55.3 Å². The van der Waals surface area contributed by atoms with E-state index in [1.807, 2.05) is 36.2 Å². The first-order valence-corrected chi connectivity index (χ1v) is 14.2. The van der Waals surface area contributed by atoms with E-state index in [1.54, 1.807) is 42.5 Å². The van der Waals surface area contributed by atoms with E-state index < -0.39 is 11.7 Å². The summed E-state index contributed by atoms with van der Waals surface area (Å²) in [7, 11) is 2.04. The number of likely N-dealkylation sites (N-methyl/N-ethyl adjacent to an activating group) is 1. The summed E-state index contributed by atoms with van der Waals surface area (Å²) in [5.41, 5.74) is 9.92. The molecule has 0 aliphatic carbocycles. The van der Waals surface area contributed by atoms with Crippen LogP contribution in [0, 0.1) is 5.82 Å². The number of carbonyl (C=O) groups is 2. The maximum Gasteiger partial charge on any atom is 0.254 e. The Kier molecular flexibility index (Phi) is 7.63. The molecule has 1 aromatic heterocycles. The van der Waals surface area contributed by atoms with Crippen molar-refractivity contribution in [1.29, 1.82) is 0 Å². The number of amides is 2. The summed E-state index contributed by atoms with van der Waals surface area (Å²) >= 11 is 0. The zero-order valence-electron chi connectivity index (χ0n) is 23.5. The lowest BCUT2D eigenvalue weighted by atomic mass is 9.96. The molecule has 6 rings (SSSR count). The zero-order chi connectivity index (χ0) is 29.2. The number of hydrogen-bond acceptors (Lipinski definition) is 4. The minimum atomic E-state index is -0.595. The molecule has 1 saturated heterocycles. The third-order valence-electron chi connectivity index (χ3n) is 8.02. The zero-order valence-corrected chi connectivity index (χ0v) is 23.5. The molecule has 2 heterocycles. The number of aromatic amines is 1. The fourth-order valence-electron chi connectivity index (χ4n) is 5.70. The van der Waals surface area contributed by atoms with Crippen molar-refractivity contribution in [3.8, 4) is 16.9 Å². The number of halogens is 1. The van der Waals surface area contributed by atoms with Crippen LogP contribution in [0.4, 0.5) is 4.39 Å². The molecule has 0 unspecified atom stereocenters. The number of carbonyl (C=O) groups excluding carboxylic acids is 2. The number of aromatic nitrogens is 1. The Balaban J connectivity index is 1.34. The lowest BCUT2D eigenvalue weighted by Crippen LogP contribution is -2.47. The Bertz CT molecular complexity index is 1770. The largest absolute Gasteiger partial charge is 0.490 e. The molecule has 0 spiro atoms. The van der Waals surface area contributed by atoms with Gasteiger partial charge in [-0.2, -0.15) is 0 Å². The van der Waals surface area contributed by atoms with Gasteiger partial charge in [-0.15, -0.1) is 0 Å². The van der Waals surface area contributed by atoms with Crippen LogP contribution in [0.5, 0.6) is 5.75 Å². The van der Waals surface area contributed by atoms with Crippen LogP contribution < -0.4 is 10.5 Å². The number of rotatable bonds is 8. The number of nitrogens with zero attached hydrogens (tertiary/aromatic N) is 2. The molecule has 5 aromatic rings. The lowest BCUT2D eigenvalue weighted by molar-refractivity contribution is 0.0664.